The van der Waals surface area contributed by atoms with Gasteiger partial charge in [0.1, 0.15) is 0 Å². The van der Waals surface area contributed by atoms with Crippen LogP contribution in [0.25, 0.3) is 0 Å². The van der Waals surface area contributed by atoms with Crippen LogP contribution >= 0.6 is 0 Å². The zero-order valence-corrected chi connectivity index (χ0v) is 10.6. The topological polar surface area (TPSA) is 9.23 Å². The van der Waals surface area contributed by atoms with Crippen LogP contribution < -0.4 is 0 Å². The summed E-state index contributed by atoms with van der Waals surface area (Å²) in [6.45, 7) is 13.9. The van der Waals surface area contributed by atoms with E-state index >= 15 is 0 Å². The Morgan fingerprint density at radius 1 is 1.00 bits per heavy atom. The molecule has 0 aliphatic carbocycles. The molecule has 0 aromatic heterocycles. The minimum Gasteiger partial charge on any atom is -0.374 e. The molecule has 84 valence electrons. The third-order valence-corrected chi connectivity index (χ3v) is 4.15. The van der Waals surface area contributed by atoms with Gasteiger partial charge in [-0.05, 0) is 30.1 Å². The molecule has 1 aliphatic heterocycles. The van der Waals surface area contributed by atoms with Crippen molar-refractivity contribution in [3.8, 4) is 0 Å². The van der Waals surface area contributed by atoms with E-state index in [1.165, 1.54) is 0 Å². The van der Waals surface area contributed by atoms with Gasteiger partial charge < -0.3 is 4.74 Å². The van der Waals surface area contributed by atoms with Gasteiger partial charge in [-0.2, -0.15) is 0 Å². The quantitative estimate of drug-likeness (QED) is 0.657. The Labute approximate surface area is 89.2 Å². The van der Waals surface area contributed by atoms with Gasteiger partial charge in [0, 0.05) is 0 Å². The van der Waals surface area contributed by atoms with Crippen LogP contribution in [0.3, 0.4) is 0 Å². The lowest BCUT2D eigenvalue weighted by molar-refractivity contribution is -0.149. The van der Waals surface area contributed by atoms with E-state index in [9.17, 15) is 0 Å². The van der Waals surface area contributed by atoms with Gasteiger partial charge in [0.2, 0.25) is 0 Å². The number of hydrogen-bond donors (Lipinski definition) is 0. The summed E-state index contributed by atoms with van der Waals surface area (Å²) >= 11 is 0. The first kappa shape index (κ1) is 12.0. The van der Waals surface area contributed by atoms with E-state index in [-0.39, 0.29) is 0 Å². The maximum atomic E-state index is 6.19. The summed E-state index contributed by atoms with van der Waals surface area (Å²) < 4.78 is 6.19. The first-order chi connectivity index (χ1) is 6.49. The van der Waals surface area contributed by atoms with Crippen molar-refractivity contribution < 1.29 is 4.74 Å². The van der Waals surface area contributed by atoms with Crippen molar-refractivity contribution in [2.45, 2.75) is 60.2 Å². The van der Waals surface area contributed by atoms with Gasteiger partial charge in [0.15, 0.2) is 0 Å². The maximum Gasteiger partial charge on any atom is 0.0630 e. The van der Waals surface area contributed by atoms with Crippen LogP contribution in [0.4, 0.5) is 0 Å². The van der Waals surface area contributed by atoms with Crippen molar-refractivity contribution in [2.75, 3.05) is 0 Å². The second-order valence-electron chi connectivity index (χ2n) is 5.37. The highest BCUT2D eigenvalue weighted by molar-refractivity contribution is 4.86. The van der Waals surface area contributed by atoms with E-state index in [1.807, 2.05) is 0 Å². The van der Waals surface area contributed by atoms with Gasteiger partial charge in [0.25, 0.3) is 0 Å². The van der Waals surface area contributed by atoms with Crippen LogP contribution in [-0.4, -0.2) is 12.2 Å². The van der Waals surface area contributed by atoms with E-state index in [0.717, 1.165) is 12.3 Å². The average molecular weight is 198 g/mol. The zero-order chi connectivity index (χ0) is 10.9. The third kappa shape index (κ3) is 2.13. The molecule has 1 fully saturated rings. The highest BCUT2D eigenvalue weighted by Crippen LogP contribution is 2.38. The molecule has 14 heavy (non-hydrogen) atoms. The Balaban J connectivity index is 2.73. The van der Waals surface area contributed by atoms with Gasteiger partial charge in [-0.1, -0.05) is 41.5 Å². The molecule has 1 nitrogen and oxygen atoms in total. The van der Waals surface area contributed by atoms with Crippen LogP contribution in [0.1, 0.15) is 48.0 Å². The second kappa shape index (κ2) is 4.65. The van der Waals surface area contributed by atoms with Crippen LogP contribution in [0.2, 0.25) is 0 Å². The maximum absolute atomic E-state index is 6.19. The van der Waals surface area contributed by atoms with Gasteiger partial charge in [-0.15, -0.1) is 0 Å². The molecule has 1 heterocycles. The third-order valence-electron chi connectivity index (χ3n) is 4.15. The minimum atomic E-state index is 0.464. The molecule has 1 heteroatoms. The fourth-order valence-corrected chi connectivity index (χ4v) is 2.80. The molecule has 1 saturated heterocycles. The van der Waals surface area contributed by atoms with Crippen molar-refractivity contribution in [3.63, 3.8) is 0 Å². The molecule has 0 spiro atoms. The summed E-state index contributed by atoms with van der Waals surface area (Å²) in [6, 6.07) is 0. The summed E-state index contributed by atoms with van der Waals surface area (Å²) in [6.07, 6.45) is 2.10. The molecule has 0 N–H and O–H groups in total. The summed E-state index contributed by atoms with van der Waals surface area (Å²) in [4.78, 5) is 0. The fraction of sp³-hybridized carbons (Fsp3) is 1.00. The normalized spacial score (nSPS) is 44.4. The zero-order valence-electron chi connectivity index (χ0n) is 10.6. The SMILES string of the molecule is CCC1OC(C(C)C)C(C)[C@@H](C)[C@H]1C. The van der Waals surface area contributed by atoms with Gasteiger partial charge in [-0.25, -0.2) is 0 Å². The van der Waals surface area contributed by atoms with Crippen LogP contribution in [0.5, 0.6) is 0 Å². The summed E-state index contributed by atoms with van der Waals surface area (Å²) in [5, 5.41) is 0. The molecule has 5 atom stereocenters. The van der Waals surface area contributed by atoms with Crippen molar-refractivity contribution >= 4 is 0 Å². The summed E-state index contributed by atoms with van der Waals surface area (Å²) in [5.41, 5.74) is 0. The van der Waals surface area contributed by atoms with Gasteiger partial charge in [-0.3, -0.25) is 0 Å². The monoisotopic (exact) mass is 198 g/mol. The highest BCUT2D eigenvalue weighted by atomic mass is 16.5. The largest absolute Gasteiger partial charge is 0.374 e. The molecule has 3 unspecified atom stereocenters. The van der Waals surface area contributed by atoms with Crippen LogP contribution in [0, 0.1) is 23.7 Å². The molecule has 0 radical (unpaired) electrons. The van der Waals surface area contributed by atoms with E-state index in [4.69, 9.17) is 4.74 Å². The predicted octanol–water partition coefficient (Wildman–Crippen LogP) is 3.73. The molecule has 0 bridgehead atoms. The predicted molar refractivity (Wildman–Crippen MR) is 61.3 cm³/mol. The van der Waals surface area contributed by atoms with E-state index in [1.54, 1.807) is 0 Å². The van der Waals surface area contributed by atoms with Crippen molar-refractivity contribution in [1.29, 1.82) is 0 Å². The molecule has 1 rings (SSSR count). The Bertz CT molecular complexity index is 174. The van der Waals surface area contributed by atoms with Crippen LogP contribution in [0.15, 0.2) is 0 Å². The Morgan fingerprint density at radius 2 is 1.57 bits per heavy atom. The summed E-state index contributed by atoms with van der Waals surface area (Å²) in [5.74, 6) is 2.85. The van der Waals surface area contributed by atoms with E-state index in [0.29, 0.717) is 30.0 Å². The fourth-order valence-electron chi connectivity index (χ4n) is 2.80. The molecular formula is C13H26O. The Hall–Kier alpha value is -0.0400. The second-order valence-corrected chi connectivity index (χ2v) is 5.37. The molecule has 0 aromatic carbocycles. The van der Waals surface area contributed by atoms with Gasteiger partial charge in [0.05, 0.1) is 12.2 Å². The van der Waals surface area contributed by atoms with Crippen molar-refractivity contribution in [1.82, 2.24) is 0 Å². The Morgan fingerprint density at radius 3 is 2.00 bits per heavy atom. The molecular weight excluding hydrogens is 172 g/mol. The first-order valence-electron chi connectivity index (χ1n) is 6.14. The lowest BCUT2D eigenvalue weighted by atomic mass is 9.73. The standard InChI is InChI=1S/C13H26O/c1-7-12-10(5)9(4)11(6)13(14-12)8(2)3/h8-13H,7H2,1-6H3/t9-,10+,11?,12?,13?/m0/s1. The number of hydrogen-bond acceptors (Lipinski definition) is 1. The molecule has 1 aliphatic rings. The average Bonchev–Trinajstić information content (AvgIpc) is 2.14. The summed E-state index contributed by atoms with van der Waals surface area (Å²) in [7, 11) is 0. The lowest BCUT2D eigenvalue weighted by Crippen LogP contribution is -2.46. The lowest BCUT2D eigenvalue weighted by Gasteiger charge is -2.45. The van der Waals surface area contributed by atoms with Gasteiger partial charge >= 0.3 is 0 Å². The minimum absolute atomic E-state index is 0.464. The molecule has 0 saturated carbocycles. The van der Waals surface area contributed by atoms with Crippen molar-refractivity contribution in [2.24, 2.45) is 23.7 Å². The number of ether oxygens (including phenoxy) is 1. The van der Waals surface area contributed by atoms with Crippen LogP contribution in [-0.2, 0) is 4.74 Å². The van der Waals surface area contributed by atoms with Crippen molar-refractivity contribution in [3.05, 3.63) is 0 Å². The molecule has 0 aromatic rings. The Kier molecular flexibility index (Phi) is 4.00. The molecule has 0 amide bonds. The highest BCUT2D eigenvalue weighted by Gasteiger charge is 2.39. The van der Waals surface area contributed by atoms with E-state index in [2.05, 4.69) is 41.5 Å². The van der Waals surface area contributed by atoms with E-state index < -0.39 is 0 Å². The smallest absolute Gasteiger partial charge is 0.0630 e. The number of rotatable bonds is 2. The first-order valence-corrected chi connectivity index (χ1v) is 6.14.